The predicted molar refractivity (Wildman–Crippen MR) is 110 cm³/mol. The van der Waals surface area contributed by atoms with Gasteiger partial charge in [0.2, 0.25) is 0 Å². The van der Waals surface area contributed by atoms with Crippen LogP contribution < -0.4 is 0 Å². The van der Waals surface area contributed by atoms with Gasteiger partial charge in [0.15, 0.2) is 0 Å². The van der Waals surface area contributed by atoms with Crippen LogP contribution >= 0.6 is 0 Å². The highest BCUT2D eigenvalue weighted by Gasteiger charge is 2.38. The largest absolute Gasteiger partial charge is 0.478 e. The first kappa shape index (κ1) is 19.4. The van der Waals surface area contributed by atoms with Gasteiger partial charge in [-0.15, -0.1) is 0 Å². The van der Waals surface area contributed by atoms with Crippen molar-refractivity contribution in [2.45, 2.75) is 52.6 Å². The maximum Gasteiger partial charge on any atom is 0.328 e. The summed E-state index contributed by atoms with van der Waals surface area (Å²) in [7, 11) is 0. The van der Waals surface area contributed by atoms with Gasteiger partial charge in [-0.25, -0.2) is 4.79 Å². The Kier molecular flexibility index (Phi) is 4.77. The van der Waals surface area contributed by atoms with Crippen molar-refractivity contribution in [2.24, 2.45) is 0 Å². The Hall–Kier alpha value is -2.39. The molecule has 3 heteroatoms. The van der Waals surface area contributed by atoms with Gasteiger partial charge in [-0.2, -0.15) is 0 Å². The smallest absolute Gasteiger partial charge is 0.328 e. The Morgan fingerprint density at radius 3 is 2.33 bits per heavy atom. The zero-order chi connectivity index (χ0) is 20.0. The van der Waals surface area contributed by atoms with Gasteiger partial charge in [-0.05, 0) is 84.8 Å². The minimum Gasteiger partial charge on any atom is -0.478 e. The first-order valence-corrected chi connectivity index (χ1v) is 9.33. The molecule has 0 saturated carbocycles. The molecule has 1 aliphatic rings. The summed E-state index contributed by atoms with van der Waals surface area (Å²) in [4.78, 5) is 10.8. The van der Waals surface area contributed by atoms with Gasteiger partial charge in [0.25, 0.3) is 0 Å². The number of hydrogen-bond donors (Lipinski definition) is 1. The number of aryl methyl sites for hydroxylation is 2. The van der Waals surface area contributed by atoms with E-state index in [1.165, 1.54) is 33.9 Å². The average Bonchev–Trinajstić information content (AvgIpc) is 2.58. The Morgan fingerprint density at radius 1 is 1.00 bits per heavy atom. The standard InChI is InChI=1S/C24H28O3/c1-15-7-8-17(9-10-22(25)26)12-18(15)19-13-20-21(11-16(19)2)24(5,6)27-14-23(20,3)4/h7-13H,14H2,1-6H3,(H,25,26)/b10-9+. The SMILES string of the molecule is Cc1ccc(/C=C/C(=O)O)cc1-c1cc2c(cc1C)C(C)(C)OCC2(C)C. The topological polar surface area (TPSA) is 46.5 Å². The lowest BCUT2D eigenvalue weighted by Crippen LogP contribution is -2.40. The van der Waals surface area contributed by atoms with Crippen molar-refractivity contribution in [1.82, 2.24) is 0 Å². The summed E-state index contributed by atoms with van der Waals surface area (Å²) in [6.07, 6.45) is 2.82. The van der Waals surface area contributed by atoms with E-state index in [2.05, 4.69) is 59.7 Å². The molecule has 0 fully saturated rings. The summed E-state index contributed by atoms with van der Waals surface area (Å²) in [5, 5.41) is 8.90. The number of hydrogen-bond acceptors (Lipinski definition) is 2. The summed E-state index contributed by atoms with van der Waals surface area (Å²) in [6, 6.07) is 10.6. The van der Waals surface area contributed by atoms with Crippen molar-refractivity contribution in [3.63, 3.8) is 0 Å². The Balaban J connectivity index is 2.19. The molecule has 27 heavy (non-hydrogen) atoms. The highest BCUT2D eigenvalue weighted by molar-refractivity contribution is 5.86. The van der Waals surface area contributed by atoms with Crippen LogP contribution in [0.3, 0.4) is 0 Å². The van der Waals surface area contributed by atoms with Gasteiger partial charge in [-0.1, -0.05) is 32.0 Å². The second-order valence-electron chi connectivity index (χ2n) is 8.64. The molecule has 1 N–H and O–H groups in total. The van der Waals surface area contributed by atoms with Gasteiger partial charge < -0.3 is 9.84 Å². The second-order valence-corrected chi connectivity index (χ2v) is 8.64. The van der Waals surface area contributed by atoms with E-state index in [-0.39, 0.29) is 11.0 Å². The van der Waals surface area contributed by atoms with E-state index < -0.39 is 5.97 Å². The van der Waals surface area contributed by atoms with E-state index in [1.54, 1.807) is 6.08 Å². The lowest BCUT2D eigenvalue weighted by molar-refractivity contribution is -0.131. The summed E-state index contributed by atoms with van der Waals surface area (Å²) >= 11 is 0. The molecular weight excluding hydrogens is 336 g/mol. The summed E-state index contributed by atoms with van der Waals surface area (Å²) < 4.78 is 6.14. The van der Waals surface area contributed by atoms with Crippen LogP contribution in [0.2, 0.25) is 0 Å². The molecule has 0 aliphatic carbocycles. The van der Waals surface area contributed by atoms with Crippen molar-refractivity contribution in [3.8, 4) is 11.1 Å². The third-order valence-electron chi connectivity index (χ3n) is 5.51. The zero-order valence-corrected chi connectivity index (χ0v) is 17.0. The van der Waals surface area contributed by atoms with Crippen LogP contribution in [0.5, 0.6) is 0 Å². The van der Waals surface area contributed by atoms with E-state index in [0.717, 1.165) is 11.1 Å². The number of rotatable bonds is 3. The molecule has 1 aliphatic heterocycles. The second kappa shape index (κ2) is 6.65. The Labute approximate surface area is 161 Å². The number of carbonyl (C=O) groups is 1. The van der Waals surface area contributed by atoms with Gasteiger partial charge in [0.1, 0.15) is 0 Å². The number of aliphatic carboxylic acids is 1. The minimum absolute atomic E-state index is 0.0535. The fourth-order valence-electron chi connectivity index (χ4n) is 3.77. The summed E-state index contributed by atoms with van der Waals surface area (Å²) in [5.74, 6) is -0.939. The highest BCUT2D eigenvalue weighted by Crippen LogP contribution is 2.44. The van der Waals surface area contributed by atoms with Crippen LogP contribution in [0.4, 0.5) is 0 Å². The van der Waals surface area contributed by atoms with Crippen molar-refractivity contribution >= 4 is 12.0 Å². The molecule has 0 unspecified atom stereocenters. The molecule has 142 valence electrons. The quantitative estimate of drug-likeness (QED) is 0.720. The van der Waals surface area contributed by atoms with Crippen LogP contribution in [-0.2, 0) is 20.5 Å². The van der Waals surface area contributed by atoms with Gasteiger partial charge in [-0.3, -0.25) is 0 Å². The van der Waals surface area contributed by atoms with Crippen molar-refractivity contribution < 1.29 is 14.6 Å². The molecule has 2 aromatic carbocycles. The van der Waals surface area contributed by atoms with Crippen LogP contribution in [0.15, 0.2) is 36.4 Å². The molecule has 0 saturated heterocycles. The lowest BCUT2D eigenvalue weighted by atomic mass is 9.73. The Morgan fingerprint density at radius 2 is 1.67 bits per heavy atom. The molecule has 0 bridgehead atoms. The normalized spacial score (nSPS) is 17.7. The molecule has 0 atom stereocenters. The molecule has 0 aromatic heterocycles. The monoisotopic (exact) mass is 364 g/mol. The number of carboxylic acids is 1. The Bertz CT molecular complexity index is 933. The molecule has 0 spiro atoms. The van der Waals surface area contributed by atoms with Crippen molar-refractivity contribution in [3.05, 3.63) is 64.2 Å². The van der Waals surface area contributed by atoms with Gasteiger partial charge in [0, 0.05) is 11.5 Å². The van der Waals surface area contributed by atoms with E-state index in [0.29, 0.717) is 6.61 Å². The molecule has 1 heterocycles. The number of fused-ring (bicyclic) bond motifs is 1. The van der Waals surface area contributed by atoms with Crippen LogP contribution in [0.25, 0.3) is 17.2 Å². The average molecular weight is 364 g/mol. The maximum absolute atomic E-state index is 10.8. The minimum atomic E-state index is -0.939. The van der Waals surface area contributed by atoms with Gasteiger partial charge in [0.05, 0.1) is 12.2 Å². The summed E-state index contributed by atoms with van der Waals surface area (Å²) in [6.45, 7) is 13.6. The van der Waals surface area contributed by atoms with E-state index in [1.807, 2.05) is 12.1 Å². The maximum atomic E-state index is 10.8. The van der Waals surface area contributed by atoms with Crippen LogP contribution in [0, 0.1) is 13.8 Å². The number of carboxylic acid groups (broad SMARTS) is 1. The predicted octanol–water partition coefficient (Wildman–Crippen LogP) is 5.61. The van der Waals surface area contributed by atoms with E-state index >= 15 is 0 Å². The molecule has 3 nitrogen and oxygen atoms in total. The fraction of sp³-hybridized carbons (Fsp3) is 0.375. The third kappa shape index (κ3) is 3.70. The van der Waals surface area contributed by atoms with Crippen LogP contribution in [0.1, 0.15) is 55.5 Å². The fourth-order valence-corrected chi connectivity index (χ4v) is 3.77. The van der Waals surface area contributed by atoms with Gasteiger partial charge >= 0.3 is 5.97 Å². The zero-order valence-electron chi connectivity index (χ0n) is 17.0. The first-order valence-electron chi connectivity index (χ1n) is 9.33. The number of benzene rings is 2. The molecule has 2 aromatic rings. The lowest BCUT2D eigenvalue weighted by Gasteiger charge is -2.42. The highest BCUT2D eigenvalue weighted by atomic mass is 16.5. The molecular formula is C24H28O3. The van der Waals surface area contributed by atoms with E-state index in [9.17, 15) is 4.79 Å². The van der Waals surface area contributed by atoms with E-state index in [4.69, 9.17) is 9.84 Å². The molecule has 0 radical (unpaired) electrons. The first-order chi connectivity index (χ1) is 12.5. The molecule has 0 amide bonds. The third-order valence-corrected chi connectivity index (χ3v) is 5.51. The van der Waals surface area contributed by atoms with Crippen molar-refractivity contribution in [2.75, 3.05) is 6.61 Å². The molecule has 3 rings (SSSR count). The van der Waals surface area contributed by atoms with Crippen molar-refractivity contribution in [1.29, 1.82) is 0 Å². The number of ether oxygens (including phenoxy) is 1. The summed E-state index contributed by atoms with van der Waals surface area (Å²) in [5.41, 5.74) is 7.82. The van der Waals surface area contributed by atoms with Crippen LogP contribution in [-0.4, -0.2) is 17.7 Å².